The van der Waals surface area contributed by atoms with Crippen LogP contribution in [0.5, 0.6) is 5.75 Å². The van der Waals surface area contributed by atoms with Crippen LogP contribution in [-0.2, 0) is 9.53 Å². The Labute approximate surface area is 111 Å². The topological polar surface area (TPSA) is 90.6 Å². The highest BCUT2D eigenvalue weighted by atomic mass is 16.5. The Morgan fingerprint density at radius 2 is 2.05 bits per heavy atom. The highest BCUT2D eigenvalue weighted by molar-refractivity contribution is 5.91. The molecule has 0 radical (unpaired) electrons. The second-order valence-corrected chi connectivity index (χ2v) is 4.26. The van der Waals surface area contributed by atoms with Crippen molar-refractivity contribution >= 4 is 17.6 Å². The highest BCUT2D eigenvalue weighted by Gasteiger charge is 2.10. The van der Waals surface area contributed by atoms with Gasteiger partial charge in [-0.05, 0) is 32.0 Å². The summed E-state index contributed by atoms with van der Waals surface area (Å²) in [7, 11) is 1.29. The quantitative estimate of drug-likeness (QED) is 0.612. The molecule has 0 atom stereocenters. The van der Waals surface area contributed by atoms with Gasteiger partial charge in [-0.2, -0.15) is 0 Å². The number of nitrogen functional groups attached to an aromatic ring is 1. The number of hydrogen-bond acceptors (Lipinski definition) is 5. The number of nitrogens with two attached hydrogens (primary N) is 1. The number of benzene rings is 1. The molecule has 0 saturated carbocycles. The second kappa shape index (κ2) is 6.63. The van der Waals surface area contributed by atoms with Gasteiger partial charge in [0.05, 0.1) is 18.4 Å². The first-order valence-electron chi connectivity index (χ1n) is 5.84. The summed E-state index contributed by atoms with van der Waals surface area (Å²) in [5.74, 6) is -0.353. The van der Waals surface area contributed by atoms with Crippen LogP contribution in [0, 0.1) is 0 Å². The van der Waals surface area contributed by atoms with Crippen LogP contribution in [0.25, 0.3) is 0 Å². The predicted octanol–water partition coefficient (Wildman–Crippen LogP) is 0.959. The standard InChI is InChI=1S/C13H18N2O4/c1-8(2)15-12(16)7-19-11-5-4-9(6-10(11)14)13(17)18-3/h4-6,8H,7,14H2,1-3H3,(H,15,16). The van der Waals surface area contributed by atoms with Crippen molar-refractivity contribution in [3.8, 4) is 5.75 Å². The van der Waals surface area contributed by atoms with E-state index in [-0.39, 0.29) is 24.2 Å². The molecule has 0 unspecified atom stereocenters. The fourth-order valence-electron chi connectivity index (χ4n) is 1.43. The van der Waals surface area contributed by atoms with E-state index in [0.717, 1.165) is 0 Å². The van der Waals surface area contributed by atoms with Crippen LogP contribution in [0.1, 0.15) is 24.2 Å². The number of carbonyl (C=O) groups is 2. The van der Waals surface area contributed by atoms with Gasteiger partial charge in [0.1, 0.15) is 5.75 Å². The first kappa shape index (κ1) is 14.8. The van der Waals surface area contributed by atoms with Crippen LogP contribution in [0.2, 0.25) is 0 Å². The molecule has 6 heteroatoms. The number of rotatable bonds is 5. The van der Waals surface area contributed by atoms with E-state index >= 15 is 0 Å². The van der Waals surface area contributed by atoms with Crippen LogP contribution in [0.4, 0.5) is 5.69 Å². The monoisotopic (exact) mass is 266 g/mol. The zero-order valence-electron chi connectivity index (χ0n) is 11.2. The molecule has 3 N–H and O–H groups in total. The van der Waals surface area contributed by atoms with Crippen molar-refractivity contribution in [2.24, 2.45) is 0 Å². The van der Waals surface area contributed by atoms with E-state index in [4.69, 9.17) is 10.5 Å². The van der Waals surface area contributed by atoms with Gasteiger partial charge in [0.15, 0.2) is 6.61 Å². The Morgan fingerprint density at radius 3 is 2.58 bits per heavy atom. The molecule has 0 heterocycles. The van der Waals surface area contributed by atoms with Crippen molar-refractivity contribution in [2.45, 2.75) is 19.9 Å². The molecule has 19 heavy (non-hydrogen) atoms. The first-order valence-corrected chi connectivity index (χ1v) is 5.84. The van der Waals surface area contributed by atoms with Gasteiger partial charge in [0.25, 0.3) is 5.91 Å². The van der Waals surface area contributed by atoms with E-state index in [0.29, 0.717) is 11.3 Å². The van der Waals surface area contributed by atoms with Gasteiger partial charge in [-0.25, -0.2) is 4.79 Å². The number of methoxy groups -OCH3 is 1. The van der Waals surface area contributed by atoms with E-state index in [1.54, 1.807) is 0 Å². The van der Waals surface area contributed by atoms with Crippen LogP contribution in [0.3, 0.4) is 0 Å². The average molecular weight is 266 g/mol. The van der Waals surface area contributed by atoms with Gasteiger partial charge in [0, 0.05) is 6.04 Å². The maximum absolute atomic E-state index is 11.4. The molecular formula is C13H18N2O4. The van der Waals surface area contributed by atoms with Gasteiger partial charge in [0.2, 0.25) is 0 Å². The van der Waals surface area contributed by atoms with Crippen molar-refractivity contribution in [3.05, 3.63) is 23.8 Å². The summed E-state index contributed by atoms with van der Waals surface area (Å²) in [5.41, 5.74) is 6.35. The van der Waals surface area contributed by atoms with Crippen molar-refractivity contribution in [1.82, 2.24) is 5.32 Å². The maximum Gasteiger partial charge on any atom is 0.337 e. The molecule has 0 saturated heterocycles. The van der Waals surface area contributed by atoms with E-state index in [2.05, 4.69) is 10.1 Å². The molecule has 0 aliphatic heterocycles. The zero-order valence-corrected chi connectivity index (χ0v) is 11.2. The summed E-state index contributed by atoms with van der Waals surface area (Å²) >= 11 is 0. The Kier molecular flexibility index (Phi) is 5.17. The van der Waals surface area contributed by atoms with Gasteiger partial charge >= 0.3 is 5.97 Å². The SMILES string of the molecule is COC(=O)c1ccc(OCC(=O)NC(C)C)c(N)c1. The molecule has 1 aromatic carbocycles. The Bertz CT molecular complexity index is 472. The number of anilines is 1. The molecule has 0 aliphatic carbocycles. The van der Waals surface area contributed by atoms with Gasteiger partial charge < -0.3 is 20.5 Å². The fraction of sp³-hybridized carbons (Fsp3) is 0.385. The molecule has 0 aromatic heterocycles. The number of hydrogen-bond donors (Lipinski definition) is 2. The van der Waals surface area contributed by atoms with Crippen LogP contribution >= 0.6 is 0 Å². The molecule has 0 aliphatic rings. The summed E-state index contributed by atoms with van der Waals surface area (Å²) in [6.07, 6.45) is 0. The predicted molar refractivity (Wildman–Crippen MR) is 71.0 cm³/mol. The third kappa shape index (κ3) is 4.50. The van der Waals surface area contributed by atoms with Gasteiger partial charge in [-0.3, -0.25) is 4.79 Å². The van der Waals surface area contributed by atoms with E-state index < -0.39 is 5.97 Å². The zero-order chi connectivity index (χ0) is 14.4. The van der Waals surface area contributed by atoms with Crippen molar-refractivity contribution in [1.29, 1.82) is 0 Å². The number of amides is 1. The van der Waals surface area contributed by atoms with Crippen molar-refractivity contribution in [2.75, 3.05) is 19.5 Å². The van der Waals surface area contributed by atoms with Gasteiger partial charge in [-0.1, -0.05) is 0 Å². The Hall–Kier alpha value is -2.24. The lowest BCUT2D eigenvalue weighted by Crippen LogP contribution is -2.34. The minimum Gasteiger partial charge on any atom is -0.482 e. The smallest absolute Gasteiger partial charge is 0.337 e. The van der Waals surface area contributed by atoms with E-state index in [9.17, 15) is 9.59 Å². The molecule has 0 spiro atoms. The lowest BCUT2D eigenvalue weighted by molar-refractivity contribution is -0.123. The summed E-state index contributed by atoms with van der Waals surface area (Å²) in [5, 5.41) is 2.69. The third-order valence-corrected chi connectivity index (χ3v) is 2.24. The summed E-state index contributed by atoms with van der Waals surface area (Å²) in [6, 6.07) is 4.55. The van der Waals surface area contributed by atoms with Crippen LogP contribution in [-0.4, -0.2) is 31.6 Å². The molecule has 1 amide bonds. The van der Waals surface area contributed by atoms with Crippen molar-refractivity contribution < 1.29 is 19.1 Å². The third-order valence-electron chi connectivity index (χ3n) is 2.24. The molecule has 1 aromatic rings. The Balaban J connectivity index is 2.65. The van der Waals surface area contributed by atoms with E-state index in [1.165, 1.54) is 25.3 Å². The van der Waals surface area contributed by atoms with E-state index in [1.807, 2.05) is 13.8 Å². The normalized spacial score (nSPS) is 10.1. The largest absolute Gasteiger partial charge is 0.482 e. The molecule has 0 bridgehead atoms. The number of carbonyl (C=O) groups excluding carboxylic acids is 2. The molecule has 1 rings (SSSR count). The summed E-state index contributed by atoms with van der Waals surface area (Å²) in [6.45, 7) is 3.59. The molecule has 104 valence electrons. The minimum atomic E-state index is -0.476. The number of ether oxygens (including phenoxy) is 2. The molecule has 0 fully saturated rings. The Morgan fingerprint density at radius 1 is 1.37 bits per heavy atom. The second-order valence-electron chi connectivity index (χ2n) is 4.26. The maximum atomic E-state index is 11.4. The number of nitrogens with one attached hydrogen (secondary N) is 1. The first-order chi connectivity index (χ1) is 8.93. The summed E-state index contributed by atoms with van der Waals surface area (Å²) < 4.78 is 9.85. The van der Waals surface area contributed by atoms with Crippen LogP contribution < -0.4 is 15.8 Å². The molecule has 6 nitrogen and oxygen atoms in total. The highest BCUT2D eigenvalue weighted by Crippen LogP contribution is 2.22. The molecular weight excluding hydrogens is 248 g/mol. The average Bonchev–Trinajstić information content (AvgIpc) is 2.35. The fourth-order valence-corrected chi connectivity index (χ4v) is 1.43. The minimum absolute atomic E-state index is 0.0511. The van der Waals surface area contributed by atoms with Crippen LogP contribution in [0.15, 0.2) is 18.2 Å². The lowest BCUT2D eigenvalue weighted by atomic mass is 10.2. The van der Waals surface area contributed by atoms with Crippen molar-refractivity contribution in [3.63, 3.8) is 0 Å². The lowest BCUT2D eigenvalue weighted by Gasteiger charge is -2.11. The summed E-state index contributed by atoms with van der Waals surface area (Å²) in [4.78, 5) is 22.7. The van der Waals surface area contributed by atoms with Gasteiger partial charge in [-0.15, -0.1) is 0 Å². The number of esters is 1.